The van der Waals surface area contributed by atoms with Crippen molar-refractivity contribution in [1.29, 1.82) is 0 Å². The van der Waals surface area contributed by atoms with Gasteiger partial charge in [-0.2, -0.15) is 11.8 Å². The number of nitrogens with two attached hydrogens (primary N) is 1. The van der Waals surface area contributed by atoms with Gasteiger partial charge in [0.2, 0.25) is 0 Å². The highest BCUT2D eigenvalue weighted by atomic mass is 32.2. The second-order valence-electron chi connectivity index (χ2n) is 3.57. The van der Waals surface area contributed by atoms with Crippen LogP contribution in [0.1, 0.15) is 17.7 Å². The summed E-state index contributed by atoms with van der Waals surface area (Å²) in [6.07, 6.45) is 2.60. The van der Waals surface area contributed by atoms with Gasteiger partial charge < -0.3 is 11.1 Å². The molecule has 14 heavy (non-hydrogen) atoms. The lowest BCUT2D eigenvalue weighted by Crippen LogP contribution is -2.31. The predicted molar refractivity (Wildman–Crippen MR) is 65.9 cm³/mol. The molecule has 1 aromatic heterocycles. The maximum absolute atomic E-state index is 5.82. The van der Waals surface area contributed by atoms with Gasteiger partial charge in [-0.05, 0) is 35.8 Å². The number of thiophene rings is 1. The van der Waals surface area contributed by atoms with Crippen LogP contribution in [-0.2, 0) is 6.54 Å². The molecule has 2 rings (SSSR count). The van der Waals surface area contributed by atoms with Crippen LogP contribution < -0.4 is 11.1 Å². The Morgan fingerprint density at radius 1 is 1.43 bits per heavy atom. The lowest BCUT2D eigenvalue weighted by atomic mass is 10.1. The van der Waals surface area contributed by atoms with Gasteiger partial charge in [0.25, 0.3) is 0 Å². The Labute approximate surface area is 93.3 Å². The van der Waals surface area contributed by atoms with Crippen LogP contribution in [0.4, 0.5) is 5.69 Å². The van der Waals surface area contributed by atoms with Gasteiger partial charge in [-0.1, -0.05) is 0 Å². The van der Waals surface area contributed by atoms with Crippen LogP contribution in [-0.4, -0.2) is 17.5 Å². The largest absolute Gasteiger partial charge is 0.398 e. The maximum atomic E-state index is 5.82. The van der Waals surface area contributed by atoms with Gasteiger partial charge >= 0.3 is 0 Å². The highest BCUT2D eigenvalue weighted by molar-refractivity contribution is 7.99. The average molecular weight is 228 g/mol. The Morgan fingerprint density at radius 3 is 2.86 bits per heavy atom. The van der Waals surface area contributed by atoms with Gasteiger partial charge in [0.05, 0.1) is 0 Å². The van der Waals surface area contributed by atoms with Crippen LogP contribution in [0.15, 0.2) is 11.4 Å². The van der Waals surface area contributed by atoms with Crippen molar-refractivity contribution in [1.82, 2.24) is 5.32 Å². The number of hydrogen-bond donors (Lipinski definition) is 2. The molecule has 3 N–H and O–H groups in total. The summed E-state index contributed by atoms with van der Waals surface area (Å²) in [5.74, 6) is 2.61. The fraction of sp³-hybridized carbons (Fsp3) is 0.600. The zero-order valence-corrected chi connectivity index (χ0v) is 9.79. The molecule has 0 radical (unpaired) electrons. The molecule has 1 aliphatic heterocycles. The Morgan fingerprint density at radius 2 is 2.21 bits per heavy atom. The van der Waals surface area contributed by atoms with E-state index in [1.165, 1.54) is 29.2 Å². The number of nitrogen functional groups attached to an aromatic ring is 1. The van der Waals surface area contributed by atoms with Gasteiger partial charge in [0.1, 0.15) is 0 Å². The molecule has 2 heterocycles. The van der Waals surface area contributed by atoms with Crippen molar-refractivity contribution in [3.8, 4) is 0 Å². The molecule has 1 aliphatic rings. The Kier molecular flexibility index (Phi) is 3.73. The topological polar surface area (TPSA) is 38.0 Å². The fourth-order valence-electron chi connectivity index (χ4n) is 1.63. The van der Waals surface area contributed by atoms with E-state index in [2.05, 4.69) is 22.5 Å². The van der Waals surface area contributed by atoms with Crippen molar-refractivity contribution in [3.05, 3.63) is 16.3 Å². The summed E-state index contributed by atoms with van der Waals surface area (Å²) in [5, 5.41) is 5.64. The molecule has 2 nitrogen and oxygen atoms in total. The Bertz CT molecular complexity index is 279. The Hall–Kier alpha value is -0.190. The second-order valence-corrected chi connectivity index (χ2v) is 5.79. The highest BCUT2D eigenvalue weighted by Gasteiger charge is 2.13. The molecule has 0 aromatic carbocycles. The summed E-state index contributed by atoms with van der Waals surface area (Å²) in [5.41, 5.74) is 6.76. The first-order chi connectivity index (χ1) is 6.86. The third-order valence-electron chi connectivity index (χ3n) is 2.55. The van der Waals surface area contributed by atoms with Gasteiger partial charge in [-0.25, -0.2) is 0 Å². The number of thioether (sulfide) groups is 1. The lowest BCUT2D eigenvalue weighted by Gasteiger charge is -2.22. The van der Waals surface area contributed by atoms with Crippen molar-refractivity contribution in [2.45, 2.75) is 25.4 Å². The van der Waals surface area contributed by atoms with Gasteiger partial charge in [0.15, 0.2) is 0 Å². The summed E-state index contributed by atoms with van der Waals surface area (Å²) < 4.78 is 0. The summed E-state index contributed by atoms with van der Waals surface area (Å²) >= 11 is 3.81. The standard InChI is InChI=1S/C10H16N2S2/c11-9-3-6-14-10(9)7-12-8-1-4-13-5-2-8/h3,6,8,12H,1-2,4-5,7,11H2. The van der Waals surface area contributed by atoms with Gasteiger partial charge in [-0.3, -0.25) is 0 Å². The quantitative estimate of drug-likeness (QED) is 0.834. The zero-order chi connectivity index (χ0) is 9.80. The van der Waals surface area contributed by atoms with Crippen molar-refractivity contribution >= 4 is 28.8 Å². The van der Waals surface area contributed by atoms with Crippen LogP contribution in [0.5, 0.6) is 0 Å². The van der Waals surface area contributed by atoms with Crippen molar-refractivity contribution in [2.24, 2.45) is 0 Å². The number of nitrogens with one attached hydrogen (secondary N) is 1. The minimum Gasteiger partial charge on any atom is -0.398 e. The van der Waals surface area contributed by atoms with E-state index >= 15 is 0 Å². The first-order valence-electron chi connectivity index (χ1n) is 4.99. The third-order valence-corrected chi connectivity index (χ3v) is 4.54. The second kappa shape index (κ2) is 5.05. The number of anilines is 1. The first-order valence-corrected chi connectivity index (χ1v) is 7.02. The van der Waals surface area contributed by atoms with Crippen LogP contribution in [0.3, 0.4) is 0 Å². The van der Waals surface area contributed by atoms with Crippen LogP contribution in [0.25, 0.3) is 0 Å². The van der Waals surface area contributed by atoms with E-state index in [9.17, 15) is 0 Å². The molecule has 0 saturated carbocycles. The molecule has 4 heteroatoms. The molecule has 0 aliphatic carbocycles. The predicted octanol–water partition coefficient (Wildman–Crippen LogP) is 2.32. The summed E-state index contributed by atoms with van der Waals surface area (Å²) in [7, 11) is 0. The fourth-order valence-corrected chi connectivity index (χ4v) is 3.49. The molecule has 1 fully saturated rings. The Balaban J connectivity index is 1.79. The van der Waals surface area contributed by atoms with E-state index in [1.54, 1.807) is 11.3 Å². The molecule has 0 spiro atoms. The van der Waals surface area contributed by atoms with Crippen molar-refractivity contribution < 1.29 is 0 Å². The summed E-state index contributed by atoms with van der Waals surface area (Å²) in [4.78, 5) is 1.28. The SMILES string of the molecule is Nc1ccsc1CNC1CCSCC1. The normalized spacial score (nSPS) is 18.6. The summed E-state index contributed by atoms with van der Waals surface area (Å²) in [6, 6.07) is 2.69. The van der Waals surface area contributed by atoms with Gasteiger partial charge in [0, 0.05) is 23.2 Å². The van der Waals surface area contributed by atoms with E-state index in [0.29, 0.717) is 6.04 Å². The van der Waals surface area contributed by atoms with Crippen molar-refractivity contribution in [3.63, 3.8) is 0 Å². The molecule has 1 saturated heterocycles. The maximum Gasteiger partial charge on any atom is 0.0468 e. The monoisotopic (exact) mass is 228 g/mol. The first kappa shape index (κ1) is 10.3. The zero-order valence-electron chi connectivity index (χ0n) is 8.16. The molecular weight excluding hydrogens is 212 g/mol. The highest BCUT2D eigenvalue weighted by Crippen LogP contribution is 2.21. The molecular formula is C10H16N2S2. The van der Waals surface area contributed by atoms with E-state index in [0.717, 1.165) is 12.2 Å². The molecule has 0 amide bonds. The lowest BCUT2D eigenvalue weighted by molar-refractivity contribution is 0.485. The molecule has 1 aromatic rings. The van der Waals surface area contributed by atoms with Crippen LogP contribution in [0.2, 0.25) is 0 Å². The smallest absolute Gasteiger partial charge is 0.0468 e. The minimum absolute atomic E-state index is 0.706. The third kappa shape index (κ3) is 2.65. The number of hydrogen-bond acceptors (Lipinski definition) is 4. The number of rotatable bonds is 3. The molecule has 0 unspecified atom stereocenters. The minimum atomic E-state index is 0.706. The average Bonchev–Trinajstić information content (AvgIpc) is 2.63. The van der Waals surface area contributed by atoms with Crippen molar-refractivity contribution in [2.75, 3.05) is 17.2 Å². The molecule has 0 bridgehead atoms. The van der Waals surface area contributed by atoms with E-state index in [1.807, 2.05) is 6.07 Å². The summed E-state index contributed by atoms with van der Waals surface area (Å²) in [6.45, 7) is 0.943. The van der Waals surface area contributed by atoms with E-state index in [4.69, 9.17) is 5.73 Å². The van der Waals surface area contributed by atoms with Crippen LogP contribution >= 0.6 is 23.1 Å². The van der Waals surface area contributed by atoms with Crippen LogP contribution in [0, 0.1) is 0 Å². The molecule has 78 valence electrons. The van der Waals surface area contributed by atoms with E-state index < -0.39 is 0 Å². The van der Waals surface area contributed by atoms with Gasteiger partial charge in [-0.15, -0.1) is 11.3 Å². The van der Waals surface area contributed by atoms with E-state index in [-0.39, 0.29) is 0 Å². The molecule has 0 atom stereocenters.